The molecule has 2 aromatic carbocycles. The Hall–Kier alpha value is -2.85. The van der Waals surface area contributed by atoms with E-state index in [1.54, 1.807) is 29.2 Å². The molecule has 0 aliphatic carbocycles. The summed E-state index contributed by atoms with van der Waals surface area (Å²) in [5.74, 6) is 0.678. The van der Waals surface area contributed by atoms with Gasteiger partial charge in [0, 0.05) is 22.3 Å². The van der Waals surface area contributed by atoms with Crippen LogP contribution in [0, 0.1) is 0 Å². The van der Waals surface area contributed by atoms with Crippen molar-refractivity contribution in [1.82, 2.24) is 4.90 Å². The molecule has 5 heteroatoms. The lowest BCUT2D eigenvalue weighted by Crippen LogP contribution is -2.24. The Kier molecular flexibility index (Phi) is 4.59. The highest BCUT2D eigenvalue weighted by molar-refractivity contribution is 6.30. The van der Waals surface area contributed by atoms with Gasteiger partial charge in [-0.1, -0.05) is 23.7 Å². The van der Waals surface area contributed by atoms with E-state index >= 15 is 0 Å². The second-order valence-electron chi connectivity index (χ2n) is 6.13. The first-order valence-electron chi connectivity index (χ1n) is 8.42. The summed E-state index contributed by atoms with van der Waals surface area (Å²) in [7, 11) is 0. The highest BCUT2D eigenvalue weighted by atomic mass is 35.5. The Morgan fingerprint density at radius 3 is 2.58 bits per heavy atom. The minimum Gasteiger partial charge on any atom is -0.476 e. The Bertz CT molecular complexity index is 912. The van der Waals surface area contributed by atoms with Gasteiger partial charge < -0.3 is 9.64 Å². The molecular weight excluding hydrogens is 348 g/mol. The summed E-state index contributed by atoms with van der Waals surface area (Å²) in [6.07, 6.45) is 5.86. The van der Waals surface area contributed by atoms with Crippen molar-refractivity contribution in [3.8, 4) is 0 Å². The van der Waals surface area contributed by atoms with Crippen LogP contribution in [0.2, 0.25) is 5.02 Å². The van der Waals surface area contributed by atoms with Crippen molar-refractivity contribution in [2.45, 2.75) is 0 Å². The third-order valence-electron chi connectivity index (χ3n) is 4.27. The topological polar surface area (TPSA) is 41.9 Å². The number of carbonyl (C=O) groups excluding carboxylic acids is 1. The number of hydrogen-bond donors (Lipinski definition) is 0. The lowest BCUT2D eigenvalue weighted by molar-refractivity contribution is 0.0839. The van der Waals surface area contributed by atoms with Gasteiger partial charge in [-0.25, -0.2) is 4.99 Å². The molecule has 130 valence electrons. The van der Waals surface area contributed by atoms with Crippen LogP contribution in [0.1, 0.15) is 21.5 Å². The van der Waals surface area contributed by atoms with Crippen LogP contribution in [0.15, 0.2) is 71.4 Å². The number of amides is 1. The summed E-state index contributed by atoms with van der Waals surface area (Å²) in [5, 5.41) is 0.622. The number of nitrogens with zero attached hydrogens (tertiary/aromatic N) is 2. The molecule has 0 N–H and O–H groups in total. The number of aliphatic imine (C=N–C) groups is 1. The lowest BCUT2D eigenvalue weighted by Gasteiger charge is -2.13. The molecule has 1 amide bonds. The predicted octanol–water partition coefficient (Wildman–Crippen LogP) is 4.17. The fourth-order valence-electron chi connectivity index (χ4n) is 2.93. The van der Waals surface area contributed by atoms with Crippen molar-refractivity contribution < 1.29 is 9.53 Å². The van der Waals surface area contributed by atoms with Gasteiger partial charge in [0.25, 0.3) is 5.91 Å². The van der Waals surface area contributed by atoms with E-state index in [0.29, 0.717) is 29.6 Å². The molecule has 0 aromatic heterocycles. The highest BCUT2D eigenvalue weighted by Gasteiger charge is 2.18. The lowest BCUT2D eigenvalue weighted by atomic mass is 10.1. The molecule has 4 rings (SSSR count). The molecule has 0 unspecified atom stereocenters. The maximum absolute atomic E-state index is 12.5. The maximum Gasteiger partial charge on any atom is 0.258 e. The molecule has 26 heavy (non-hydrogen) atoms. The Morgan fingerprint density at radius 2 is 1.88 bits per heavy atom. The molecular formula is C21H17ClN2O2. The van der Waals surface area contributed by atoms with Gasteiger partial charge in [0.1, 0.15) is 6.61 Å². The molecule has 2 heterocycles. The zero-order valence-electron chi connectivity index (χ0n) is 14.1. The summed E-state index contributed by atoms with van der Waals surface area (Å²) in [6, 6.07) is 15.0. The summed E-state index contributed by atoms with van der Waals surface area (Å²) in [6.45, 7) is 1.94. The minimum absolute atomic E-state index is 0.0342. The SMILES string of the molecule is O=C(c1ccc(Cl)cc1)N1C=CC(=Cc2ccc(C3=NCCO3)cc2)C1. The summed E-state index contributed by atoms with van der Waals surface area (Å²) >= 11 is 5.88. The van der Waals surface area contributed by atoms with Crippen LogP contribution in [0.4, 0.5) is 0 Å². The molecule has 0 saturated carbocycles. The molecule has 0 radical (unpaired) electrons. The standard InChI is InChI=1S/C21H17ClN2O2/c22-19-7-5-18(6-8-19)21(25)24-11-9-16(14-24)13-15-1-3-17(4-2-15)20-23-10-12-26-20/h1-9,11,13H,10,12,14H2. The molecule has 0 spiro atoms. The van der Waals surface area contributed by atoms with E-state index in [0.717, 1.165) is 23.2 Å². The number of rotatable bonds is 3. The van der Waals surface area contributed by atoms with E-state index in [4.69, 9.17) is 16.3 Å². The number of carbonyl (C=O) groups is 1. The second-order valence-corrected chi connectivity index (χ2v) is 6.57. The number of ether oxygens (including phenoxy) is 1. The first-order valence-corrected chi connectivity index (χ1v) is 8.80. The van der Waals surface area contributed by atoms with Crippen molar-refractivity contribution >= 4 is 29.5 Å². The Labute approximate surface area is 157 Å². The van der Waals surface area contributed by atoms with Gasteiger partial charge in [-0.05, 0) is 59.7 Å². The van der Waals surface area contributed by atoms with Crippen LogP contribution in [0.5, 0.6) is 0 Å². The van der Waals surface area contributed by atoms with Gasteiger partial charge in [-0.3, -0.25) is 4.79 Å². The van der Waals surface area contributed by atoms with E-state index in [1.807, 2.05) is 36.5 Å². The Morgan fingerprint density at radius 1 is 1.12 bits per heavy atom. The number of hydrogen-bond acceptors (Lipinski definition) is 3. The maximum atomic E-state index is 12.5. The normalized spacial score (nSPS) is 17.5. The molecule has 2 aromatic rings. The number of benzene rings is 2. The fraction of sp³-hybridized carbons (Fsp3) is 0.143. The van der Waals surface area contributed by atoms with Gasteiger partial charge in [0.15, 0.2) is 0 Å². The van der Waals surface area contributed by atoms with Gasteiger partial charge in [-0.15, -0.1) is 0 Å². The van der Waals surface area contributed by atoms with Gasteiger partial charge in [0.05, 0.1) is 13.1 Å². The molecule has 2 aliphatic rings. The monoisotopic (exact) mass is 364 g/mol. The minimum atomic E-state index is -0.0342. The summed E-state index contributed by atoms with van der Waals surface area (Å²) in [5.41, 5.74) is 3.77. The predicted molar refractivity (Wildman–Crippen MR) is 103 cm³/mol. The van der Waals surface area contributed by atoms with Crippen molar-refractivity contribution in [3.63, 3.8) is 0 Å². The van der Waals surface area contributed by atoms with Gasteiger partial charge >= 0.3 is 0 Å². The summed E-state index contributed by atoms with van der Waals surface area (Å²) < 4.78 is 5.47. The van der Waals surface area contributed by atoms with Gasteiger partial charge in [0.2, 0.25) is 5.90 Å². The first-order chi connectivity index (χ1) is 12.7. The molecule has 0 atom stereocenters. The van der Waals surface area contributed by atoms with E-state index in [9.17, 15) is 4.79 Å². The zero-order chi connectivity index (χ0) is 17.9. The second kappa shape index (κ2) is 7.18. The van der Waals surface area contributed by atoms with E-state index in [1.165, 1.54) is 0 Å². The summed E-state index contributed by atoms with van der Waals surface area (Å²) in [4.78, 5) is 18.5. The number of halogens is 1. The van der Waals surface area contributed by atoms with Crippen LogP contribution in [0.25, 0.3) is 6.08 Å². The van der Waals surface area contributed by atoms with Crippen LogP contribution >= 0.6 is 11.6 Å². The third-order valence-corrected chi connectivity index (χ3v) is 4.52. The molecule has 0 bridgehead atoms. The smallest absolute Gasteiger partial charge is 0.258 e. The average Bonchev–Trinajstić information content (AvgIpc) is 3.35. The molecule has 2 aliphatic heterocycles. The Balaban J connectivity index is 1.44. The van der Waals surface area contributed by atoms with Crippen molar-refractivity contribution in [1.29, 1.82) is 0 Å². The average molecular weight is 365 g/mol. The van der Waals surface area contributed by atoms with E-state index < -0.39 is 0 Å². The molecule has 4 nitrogen and oxygen atoms in total. The van der Waals surface area contributed by atoms with Crippen molar-refractivity contribution in [2.24, 2.45) is 4.99 Å². The van der Waals surface area contributed by atoms with Crippen LogP contribution in [-0.4, -0.2) is 36.4 Å². The quantitative estimate of drug-likeness (QED) is 0.820. The molecule has 0 fully saturated rings. The molecule has 0 saturated heterocycles. The van der Waals surface area contributed by atoms with E-state index in [2.05, 4.69) is 11.1 Å². The van der Waals surface area contributed by atoms with Crippen LogP contribution in [0.3, 0.4) is 0 Å². The van der Waals surface area contributed by atoms with Crippen LogP contribution in [-0.2, 0) is 4.74 Å². The zero-order valence-corrected chi connectivity index (χ0v) is 14.8. The highest BCUT2D eigenvalue weighted by Crippen LogP contribution is 2.20. The largest absolute Gasteiger partial charge is 0.476 e. The fourth-order valence-corrected chi connectivity index (χ4v) is 3.05. The first kappa shape index (κ1) is 16.6. The van der Waals surface area contributed by atoms with Gasteiger partial charge in [-0.2, -0.15) is 0 Å². The van der Waals surface area contributed by atoms with Crippen molar-refractivity contribution in [2.75, 3.05) is 19.7 Å². The van der Waals surface area contributed by atoms with E-state index in [-0.39, 0.29) is 5.91 Å². The third kappa shape index (κ3) is 3.55. The van der Waals surface area contributed by atoms with Crippen molar-refractivity contribution in [3.05, 3.63) is 88.1 Å². The van der Waals surface area contributed by atoms with Crippen LogP contribution < -0.4 is 0 Å².